The number of nitrogens with zero attached hydrogens (tertiary/aromatic N) is 2. The van der Waals surface area contributed by atoms with E-state index in [2.05, 4.69) is 34.9 Å². The molecule has 0 bridgehead atoms. The molecule has 0 radical (unpaired) electrons. The Bertz CT molecular complexity index is 521. The van der Waals surface area contributed by atoms with E-state index >= 15 is 0 Å². The largest absolute Gasteiger partial charge is 0.366 e. The topological polar surface area (TPSA) is 37.8 Å². The second kappa shape index (κ2) is 4.80. The van der Waals surface area contributed by atoms with Gasteiger partial charge in [-0.1, -0.05) is 13.0 Å². The van der Waals surface area contributed by atoms with Gasteiger partial charge in [0.1, 0.15) is 10.6 Å². The minimum atomic E-state index is 0.281. The van der Waals surface area contributed by atoms with Gasteiger partial charge in [0.2, 0.25) is 5.28 Å². The van der Waals surface area contributed by atoms with E-state index in [-0.39, 0.29) is 5.28 Å². The van der Waals surface area contributed by atoms with E-state index in [4.69, 9.17) is 11.6 Å². The summed E-state index contributed by atoms with van der Waals surface area (Å²) in [4.78, 5) is 10.6. The first-order valence-corrected chi connectivity index (χ1v) is 6.24. The molecule has 0 fully saturated rings. The Kier molecular flexibility index (Phi) is 3.41. The summed E-state index contributed by atoms with van der Waals surface area (Å²) in [5.41, 5.74) is 0. The maximum atomic E-state index is 5.87. The van der Waals surface area contributed by atoms with Gasteiger partial charge in [-0.25, -0.2) is 9.97 Å². The molecule has 0 aromatic carbocycles. The number of halogens is 1. The maximum absolute atomic E-state index is 5.87. The molecule has 0 unspecified atom stereocenters. The standard InChI is InChI=1S/C11H12ClN3S/c1-3-5-13-9-8-6-7(4-2)16-10(8)15-11(12)14-9/h3,6H,1,4-5H2,2H3,(H,13,14,15). The van der Waals surface area contributed by atoms with Crippen molar-refractivity contribution in [3.63, 3.8) is 0 Å². The van der Waals surface area contributed by atoms with E-state index in [9.17, 15) is 0 Å². The van der Waals surface area contributed by atoms with Crippen LogP contribution < -0.4 is 5.32 Å². The number of aryl methyl sites for hydroxylation is 1. The summed E-state index contributed by atoms with van der Waals surface area (Å²) < 4.78 is 0. The zero-order chi connectivity index (χ0) is 11.5. The summed E-state index contributed by atoms with van der Waals surface area (Å²) in [6.07, 6.45) is 2.79. The zero-order valence-corrected chi connectivity index (χ0v) is 10.5. The molecule has 0 atom stereocenters. The Hall–Kier alpha value is -1.13. The average molecular weight is 254 g/mol. The van der Waals surface area contributed by atoms with E-state index in [0.717, 1.165) is 22.5 Å². The summed E-state index contributed by atoms with van der Waals surface area (Å²) in [7, 11) is 0. The number of thiophene rings is 1. The molecule has 2 rings (SSSR count). The molecule has 16 heavy (non-hydrogen) atoms. The third-order valence-electron chi connectivity index (χ3n) is 2.18. The third kappa shape index (κ3) is 2.18. The van der Waals surface area contributed by atoms with Gasteiger partial charge in [-0.3, -0.25) is 0 Å². The number of hydrogen-bond acceptors (Lipinski definition) is 4. The fourth-order valence-electron chi connectivity index (χ4n) is 1.42. The maximum Gasteiger partial charge on any atom is 0.225 e. The van der Waals surface area contributed by atoms with Crippen molar-refractivity contribution in [1.82, 2.24) is 9.97 Å². The van der Waals surface area contributed by atoms with Crippen molar-refractivity contribution in [3.05, 3.63) is 28.9 Å². The molecule has 2 heterocycles. The van der Waals surface area contributed by atoms with Crippen LogP contribution in [-0.4, -0.2) is 16.5 Å². The Morgan fingerprint density at radius 2 is 2.38 bits per heavy atom. The van der Waals surface area contributed by atoms with Crippen molar-refractivity contribution in [2.75, 3.05) is 11.9 Å². The van der Waals surface area contributed by atoms with Crippen LogP contribution in [0.4, 0.5) is 5.82 Å². The molecular formula is C11H12ClN3S. The van der Waals surface area contributed by atoms with E-state index in [0.29, 0.717) is 6.54 Å². The second-order valence-corrected chi connectivity index (χ2v) is 4.75. The molecule has 0 saturated heterocycles. The molecule has 0 aliphatic carbocycles. The van der Waals surface area contributed by atoms with Crippen LogP contribution >= 0.6 is 22.9 Å². The van der Waals surface area contributed by atoms with Crippen LogP contribution in [-0.2, 0) is 6.42 Å². The lowest BCUT2D eigenvalue weighted by Gasteiger charge is -2.03. The molecule has 1 N–H and O–H groups in total. The van der Waals surface area contributed by atoms with Crippen molar-refractivity contribution >= 4 is 39.0 Å². The number of rotatable bonds is 4. The predicted octanol–water partition coefficient (Wildman–Crippen LogP) is 3.51. The van der Waals surface area contributed by atoms with Gasteiger partial charge in [-0.05, 0) is 24.1 Å². The monoisotopic (exact) mass is 253 g/mol. The number of anilines is 1. The van der Waals surface area contributed by atoms with Gasteiger partial charge >= 0.3 is 0 Å². The molecule has 3 nitrogen and oxygen atoms in total. The molecule has 2 aromatic rings. The van der Waals surface area contributed by atoms with Gasteiger partial charge < -0.3 is 5.32 Å². The van der Waals surface area contributed by atoms with Crippen LogP contribution in [0, 0.1) is 0 Å². The molecule has 0 spiro atoms. The quantitative estimate of drug-likeness (QED) is 0.669. The lowest BCUT2D eigenvalue weighted by atomic mass is 10.3. The van der Waals surface area contributed by atoms with E-state index < -0.39 is 0 Å². The molecule has 0 aliphatic heterocycles. The van der Waals surface area contributed by atoms with Gasteiger partial charge in [-0.2, -0.15) is 0 Å². The first kappa shape index (κ1) is 11.4. The summed E-state index contributed by atoms with van der Waals surface area (Å²) in [6, 6.07) is 2.11. The summed E-state index contributed by atoms with van der Waals surface area (Å²) in [6.45, 7) is 6.45. The number of aromatic nitrogens is 2. The highest BCUT2D eigenvalue weighted by Crippen LogP contribution is 2.30. The highest BCUT2D eigenvalue weighted by Gasteiger charge is 2.09. The molecule has 2 aromatic heterocycles. The number of nitrogens with one attached hydrogen (secondary N) is 1. The van der Waals surface area contributed by atoms with Gasteiger partial charge in [0.15, 0.2) is 0 Å². The molecule has 0 amide bonds. The lowest BCUT2D eigenvalue weighted by molar-refractivity contribution is 1.18. The number of hydrogen-bond donors (Lipinski definition) is 1. The lowest BCUT2D eigenvalue weighted by Crippen LogP contribution is -2.01. The minimum absolute atomic E-state index is 0.281. The Labute approximate surface area is 103 Å². The van der Waals surface area contributed by atoms with Gasteiger partial charge in [0.05, 0.1) is 5.39 Å². The van der Waals surface area contributed by atoms with Crippen LogP contribution in [0.15, 0.2) is 18.7 Å². The first-order valence-electron chi connectivity index (χ1n) is 5.05. The van der Waals surface area contributed by atoms with Crippen molar-refractivity contribution in [2.45, 2.75) is 13.3 Å². The second-order valence-electron chi connectivity index (χ2n) is 3.30. The normalized spacial score (nSPS) is 10.6. The summed E-state index contributed by atoms with van der Waals surface area (Å²) >= 11 is 7.53. The van der Waals surface area contributed by atoms with E-state index in [1.54, 1.807) is 17.4 Å². The fraction of sp³-hybridized carbons (Fsp3) is 0.273. The smallest absolute Gasteiger partial charge is 0.225 e. The SMILES string of the molecule is C=CCNc1nc(Cl)nc2sc(CC)cc12. The first-order chi connectivity index (χ1) is 7.74. The molecular weight excluding hydrogens is 242 g/mol. The van der Waals surface area contributed by atoms with E-state index in [1.807, 2.05) is 0 Å². The molecule has 0 saturated carbocycles. The van der Waals surface area contributed by atoms with Gasteiger partial charge in [0.25, 0.3) is 0 Å². The summed E-state index contributed by atoms with van der Waals surface area (Å²) in [5, 5.41) is 4.48. The van der Waals surface area contributed by atoms with Crippen LogP contribution in [0.3, 0.4) is 0 Å². The Balaban J connectivity index is 2.52. The van der Waals surface area contributed by atoms with E-state index in [1.165, 1.54) is 4.88 Å². The minimum Gasteiger partial charge on any atom is -0.366 e. The van der Waals surface area contributed by atoms with Crippen molar-refractivity contribution < 1.29 is 0 Å². The van der Waals surface area contributed by atoms with Crippen LogP contribution in [0.25, 0.3) is 10.2 Å². The van der Waals surface area contributed by atoms with Crippen molar-refractivity contribution in [2.24, 2.45) is 0 Å². The van der Waals surface area contributed by atoms with Crippen LogP contribution in [0.1, 0.15) is 11.8 Å². The Morgan fingerprint density at radius 3 is 3.06 bits per heavy atom. The highest BCUT2D eigenvalue weighted by molar-refractivity contribution is 7.18. The van der Waals surface area contributed by atoms with Crippen molar-refractivity contribution in [1.29, 1.82) is 0 Å². The van der Waals surface area contributed by atoms with Gasteiger partial charge in [0, 0.05) is 11.4 Å². The van der Waals surface area contributed by atoms with Crippen LogP contribution in [0.2, 0.25) is 5.28 Å². The van der Waals surface area contributed by atoms with Crippen molar-refractivity contribution in [3.8, 4) is 0 Å². The van der Waals surface area contributed by atoms with Gasteiger partial charge in [-0.15, -0.1) is 17.9 Å². The average Bonchev–Trinajstić information content (AvgIpc) is 2.68. The fourth-order valence-corrected chi connectivity index (χ4v) is 2.61. The third-order valence-corrected chi connectivity index (χ3v) is 3.52. The highest BCUT2D eigenvalue weighted by atomic mass is 35.5. The predicted molar refractivity (Wildman–Crippen MR) is 70.5 cm³/mol. The molecule has 0 aliphatic rings. The molecule has 5 heteroatoms. The molecule has 84 valence electrons. The zero-order valence-electron chi connectivity index (χ0n) is 8.96. The van der Waals surface area contributed by atoms with Crippen LogP contribution in [0.5, 0.6) is 0 Å². The summed E-state index contributed by atoms with van der Waals surface area (Å²) in [5.74, 6) is 0.783. The Morgan fingerprint density at radius 1 is 1.56 bits per heavy atom. The number of fused-ring (bicyclic) bond motifs is 1.